The summed E-state index contributed by atoms with van der Waals surface area (Å²) in [6.07, 6.45) is 6.59. The second-order valence-electron chi connectivity index (χ2n) is 11.1. The minimum Gasteiger partial charge on any atom is -0.508 e. The van der Waals surface area contributed by atoms with Crippen LogP contribution in [0.4, 0.5) is 4.79 Å². The average molecular weight is 516 g/mol. The van der Waals surface area contributed by atoms with Gasteiger partial charge in [-0.3, -0.25) is 9.59 Å². The number of carbonyl (C=O) groups is 3. The largest absolute Gasteiger partial charge is 0.508 e. The van der Waals surface area contributed by atoms with Gasteiger partial charge >= 0.3 is 6.09 Å². The minimum absolute atomic E-state index is 0.0490. The Morgan fingerprint density at radius 3 is 2.41 bits per heavy atom. The number of amides is 3. The number of carbonyl (C=O) groups excluding carboxylic acids is 3. The van der Waals surface area contributed by atoms with Crippen molar-refractivity contribution < 1.29 is 24.2 Å². The zero-order valence-corrected chi connectivity index (χ0v) is 23.3. The fourth-order valence-electron chi connectivity index (χ4n) is 4.61. The first-order chi connectivity index (χ1) is 17.4. The summed E-state index contributed by atoms with van der Waals surface area (Å²) in [5.74, 6) is -0.779. The number of alkyl carbamates (subject to hydrolysis) is 1. The molecule has 1 aromatic carbocycles. The smallest absolute Gasteiger partial charge is 0.408 e. The van der Waals surface area contributed by atoms with Crippen molar-refractivity contribution in [2.45, 2.75) is 104 Å². The molecule has 0 spiro atoms. The maximum atomic E-state index is 14.1. The molecule has 1 fully saturated rings. The van der Waals surface area contributed by atoms with E-state index < -0.39 is 29.7 Å². The Morgan fingerprint density at radius 2 is 1.86 bits per heavy atom. The van der Waals surface area contributed by atoms with E-state index in [0.717, 1.165) is 32.1 Å². The lowest BCUT2D eigenvalue weighted by molar-refractivity contribution is -0.143. The zero-order chi connectivity index (χ0) is 27.8. The van der Waals surface area contributed by atoms with Gasteiger partial charge in [0.05, 0.1) is 0 Å². The number of phenolic OH excluding ortho intramolecular Hbond substituents is 1. The van der Waals surface area contributed by atoms with Crippen LogP contribution in [0.5, 0.6) is 5.75 Å². The first-order valence-electron chi connectivity index (χ1n) is 13.4. The van der Waals surface area contributed by atoms with Crippen molar-refractivity contribution in [1.82, 2.24) is 15.5 Å². The van der Waals surface area contributed by atoms with E-state index in [9.17, 15) is 19.5 Å². The predicted octanol–water partition coefficient (Wildman–Crippen LogP) is 5.14. The van der Waals surface area contributed by atoms with Crippen LogP contribution in [0.25, 0.3) is 0 Å². The fourth-order valence-corrected chi connectivity index (χ4v) is 4.61. The normalized spacial score (nSPS) is 16.7. The minimum atomic E-state index is -0.960. The number of nitrogens with one attached hydrogen (secondary N) is 2. The van der Waals surface area contributed by atoms with E-state index in [2.05, 4.69) is 17.2 Å². The maximum absolute atomic E-state index is 14.1. The second kappa shape index (κ2) is 13.5. The highest BCUT2D eigenvalue weighted by Gasteiger charge is 2.38. The van der Waals surface area contributed by atoms with Gasteiger partial charge in [0.25, 0.3) is 0 Å². The fraction of sp³-hybridized carbons (Fsp3) is 0.621. The molecular formula is C29H45N3O5. The molecule has 1 saturated carbocycles. The Kier molecular flexibility index (Phi) is 11.0. The zero-order valence-electron chi connectivity index (χ0n) is 23.3. The summed E-state index contributed by atoms with van der Waals surface area (Å²) in [7, 11) is 0. The Balaban J connectivity index is 2.48. The molecule has 0 radical (unpaired) electrons. The van der Waals surface area contributed by atoms with Crippen molar-refractivity contribution in [3.05, 3.63) is 42.0 Å². The van der Waals surface area contributed by atoms with Gasteiger partial charge in [0.1, 0.15) is 23.4 Å². The van der Waals surface area contributed by atoms with Gasteiger partial charge in [-0.05, 0) is 69.7 Å². The quantitative estimate of drug-likeness (QED) is 0.374. The lowest BCUT2D eigenvalue weighted by atomic mass is 9.93. The molecule has 206 valence electrons. The van der Waals surface area contributed by atoms with Gasteiger partial charge in [-0.1, -0.05) is 51.7 Å². The molecule has 8 heteroatoms. The van der Waals surface area contributed by atoms with Crippen LogP contribution in [0.2, 0.25) is 0 Å². The van der Waals surface area contributed by atoms with E-state index in [-0.39, 0.29) is 30.2 Å². The number of ether oxygens (including phenoxy) is 1. The van der Waals surface area contributed by atoms with Gasteiger partial charge in [0.2, 0.25) is 11.8 Å². The molecule has 37 heavy (non-hydrogen) atoms. The molecule has 3 atom stereocenters. The number of benzene rings is 1. The lowest BCUT2D eigenvalue weighted by Gasteiger charge is -2.36. The number of aromatic hydroxyl groups is 1. The Hall–Kier alpha value is -3.03. The Bertz CT molecular complexity index is 949. The van der Waals surface area contributed by atoms with Crippen molar-refractivity contribution in [1.29, 1.82) is 0 Å². The number of aryl methyl sites for hydroxylation is 1. The van der Waals surface area contributed by atoms with Crippen molar-refractivity contribution in [2.75, 3.05) is 6.54 Å². The molecule has 1 aliphatic carbocycles. The van der Waals surface area contributed by atoms with Gasteiger partial charge in [0.15, 0.2) is 0 Å². The van der Waals surface area contributed by atoms with Gasteiger partial charge < -0.3 is 25.4 Å². The summed E-state index contributed by atoms with van der Waals surface area (Å²) in [4.78, 5) is 42.0. The monoisotopic (exact) mass is 515 g/mol. The van der Waals surface area contributed by atoms with E-state index >= 15 is 0 Å². The van der Waals surface area contributed by atoms with Crippen LogP contribution in [-0.4, -0.2) is 52.1 Å². The van der Waals surface area contributed by atoms with E-state index in [1.807, 2.05) is 13.8 Å². The molecule has 0 bridgehead atoms. The summed E-state index contributed by atoms with van der Waals surface area (Å²) in [6, 6.07) is 3.11. The molecule has 0 saturated heterocycles. The molecule has 8 nitrogen and oxygen atoms in total. The van der Waals surface area contributed by atoms with Crippen molar-refractivity contribution in [2.24, 2.45) is 5.92 Å². The topological polar surface area (TPSA) is 108 Å². The predicted molar refractivity (Wildman–Crippen MR) is 145 cm³/mol. The molecule has 0 aromatic heterocycles. The first-order valence-corrected chi connectivity index (χ1v) is 13.4. The van der Waals surface area contributed by atoms with E-state index in [1.165, 1.54) is 11.0 Å². The maximum Gasteiger partial charge on any atom is 0.408 e. The van der Waals surface area contributed by atoms with Crippen LogP contribution >= 0.6 is 0 Å². The third kappa shape index (κ3) is 8.79. The number of hydrogen-bond acceptors (Lipinski definition) is 5. The molecule has 1 aliphatic rings. The Morgan fingerprint density at radius 1 is 1.22 bits per heavy atom. The molecule has 3 unspecified atom stereocenters. The van der Waals surface area contributed by atoms with Crippen LogP contribution in [0, 0.1) is 12.8 Å². The van der Waals surface area contributed by atoms with E-state index in [1.54, 1.807) is 45.9 Å². The summed E-state index contributed by atoms with van der Waals surface area (Å²) in [5, 5.41) is 16.0. The third-order valence-electron chi connectivity index (χ3n) is 6.81. The molecular weight excluding hydrogens is 470 g/mol. The van der Waals surface area contributed by atoms with Gasteiger partial charge in [-0.15, -0.1) is 6.58 Å². The van der Waals surface area contributed by atoms with Crippen molar-refractivity contribution >= 4 is 17.9 Å². The summed E-state index contributed by atoms with van der Waals surface area (Å²) >= 11 is 0. The van der Waals surface area contributed by atoms with Gasteiger partial charge in [-0.2, -0.15) is 0 Å². The van der Waals surface area contributed by atoms with Crippen LogP contribution in [0.15, 0.2) is 30.9 Å². The van der Waals surface area contributed by atoms with Crippen molar-refractivity contribution in [3.63, 3.8) is 0 Å². The SMILES string of the molecule is C=CCN(C(=O)C(NC(=O)OC(C)(C)C)C(C)CC)C(C(=O)NC1CCCCC1)c1ccc(O)c(C)c1. The van der Waals surface area contributed by atoms with E-state index in [0.29, 0.717) is 17.5 Å². The molecule has 0 heterocycles. The highest BCUT2D eigenvalue weighted by molar-refractivity contribution is 5.92. The number of rotatable bonds is 10. The van der Waals surface area contributed by atoms with Crippen LogP contribution in [0.1, 0.15) is 90.3 Å². The van der Waals surface area contributed by atoms with Crippen LogP contribution in [-0.2, 0) is 14.3 Å². The third-order valence-corrected chi connectivity index (χ3v) is 6.81. The van der Waals surface area contributed by atoms with Crippen LogP contribution in [0.3, 0.4) is 0 Å². The molecule has 3 N–H and O–H groups in total. The highest BCUT2D eigenvalue weighted by Crippen LogP contribution is 2.29. The summed E-state index contributed by atoms with van der Waals surface area (Å²) in [5.41, 5.74) is 0.461. The van der Waals surface area contributed by atoms with Crippen molar-refractivity contribution in [3.8, 4) is 5.75 Å². The second-order valence-corrected chi connectivity index (χ2v) is 11.1. The standard InChI is InChI=1S/C29H45N3O5/c1-8-17-32(27(35)24(19(3)9-2)31-28(36)37-29(5,6)7)25(21-15-16-23(33)20(4)18-21)26(34)30-22-13-11-10-12-14-22/h8,15-16,18-19,22,24-25,33H,1,9-14,17H2,2-7H3,(H,30,34)(H,31,36). The number of nitrogens with zero attached hydrogens (tertiary/aromatic N) is 1. The Labute approximate surface area is 221 Å². The highest BCUT2D eigenvalue weighted by atomic mass is 16.6. The first kappa shape index (κ1) is 30.2. The van der Waals surface area contributed by atoms with Gasteiger partial charge in [0, 0.05) is 12.6 Å². The van der Waals surface area contributed by atoms with E-state index in [4.69, 9.17) is 4.74 Å². The molecule has 1 aromatic rings. The summed E-state index contributed by atoms with van der Waals surface area (Å²) in [6.45, 7) is 14.8. The van der Waals surface area contributed by atoms with Crippen LogP contribution < -0.4 is 10.6 Å². The summed E-state index contributed by atoms with van der Waals surface area (Å²) < 4.78 is 5.43. The number of phenols is 1. The molecule has 3 amide bonds. The number of hydrogen-bond donors (Lipinski definition) is 3. The molecule has 0 aliphatic heterocycles. The lowest BCUT2D eigenvalue weighted by Crippen LogP contribution is -2.55. The van der Waals surface area contributed by atoms with Gasteiger partial charge in [-0.25, -0.2) is 4.79 Å². The average Bonchev–Trinajstić information content (AvgIpc) is 2.83. The molecule has 2 rings (SSSR count).